The van der Waals surface area contributed by atoms with E-state index in [9.17, 15) is 9.90 Å². The molecule has 23 heavy (non-hydrogen) atoms. The molecule has 1 atom stereocenters. The first-order chi connectivity index (χ1) is 11.2. The van der Waals surface area contributed by atoms with Crippen molar-refractivity contribution in [3.8, 4) is 0 Å². The Hall–Kier alpha value is -1.43. The number of likely N-dealkylation sites (tertiary alicyclic amines) is 1. The molecule has 2 heterocycles. The van der Waals surface area contributed by atoms with Gasteiger partial charge in [0.05, 0.1) is 6.61 Å². The van der Waals surface area contributed by atoms with Gasteiger partial charge in [-0.15, -0.1) is 0 Å². The highest BCUT2D eigenvalue weighted by Crippen LogP contribution is 2.16. The second-order valence-electron chi connectivity index (χ2n) is 5.76. The molecule has 6 heteroatoms. The monoisotopic (exact) mass is 337 g/mol. The smallest absolute Gasteiger partial charge is 0.243 e. The molecule has 0 aliphatic carbocycles. The molecule has 1 fully saturated rings. The minimum absolute atomic E-state index is 0.102. The molecule has 0 spiro atoms. The maximum Gasteiger partial charge on any atom is 0.243 e. The van der Waals surface area contributed by atoms with Gasteiger partial charge in [-0.1, -0.05) is 17.7 Å². The van der Waals surface area contributed by atoms with Crippen LogP contribution in [0.15, 0.2) is 24.4 Å². The Morgan fingerprint density at radius 2 is 2.35 bits per heavy atom. The van der Waals surface area contributed by atoms with Gasteiger partial charge in [-0.05, 0) is 56.5 Å². The van der Waals surface area contributed by atoms with Gasteiger partial charge in [0, 0.05) is 24.9 Å². The van der Waals surface area contributed by atoms with Crippen LogP contribution in [0.1, 0.15) is 31.2 Å². The van der Waals surface area contributed by atoms with Crippen LogP contribution < -0.4 is 5.32 Å². The van der Waals surface area contributed by atoms with Gasteiger partial charge in [0.25, 0.3) is 0 Å². The maximum atomic E-state index is 11.7. The molecule has 1 amide bonds. The van der Waals surface area contributed by atoms with Crippen molar-refractivity contribution in [3.63, 3.8) is 0 Å². The zero-order valence-corrected chi connectivity index (χ0v) is 14.0. The minimum atomic E-state index is -0.102. The molecule has 0 saturated carbocycles. The molecule has 1 aliphatic rings. The van der Waals surface area contributed by atoms with E-state index in [-0.39, 0.29) is 12.5 Å². The van der Waals surface area contributed by atoms with Crippen molar-refractivity contribution in [2.75, 3.05) is 26.2 Å². The van der Waals surface area contributed by atoms with Crippen LogP contribution in [0.5, 0.6) is 0 Å². The second-order valence-corrected chi connectivity index (χ2v) is 6.15. The molecule has 1 aromatic rings. The van der Waals surface area contributed by atoms with Gasteiger partial charge in [-0.2, -0.15) is 0 Å². The first kappa shape index (κ1) is 17.9. The van der Waals surface area contributed by atoms with Crippen LogP contribution in [0.3, 0.4) is 0 Å². The highest BCUT2D eigenvalue weighted by atomic mass is 35.5. The van der Waals surface area contributed by atoms with Gasteiger partial charge in [0.15, 0.2) is 0 Å². The third kappa shape index (κ3) is 6.29. The predicted octanol–water partition coefficient (Wildman–Crippen LogP) is 2.10. The van der Waals surface area contributed by atoms with Crippen LogP contribution in [0, 0.1) is 0 Å². The number of pyridine rings is 1. The number of aliphatic hydroxyl groups is 1. The number of rotatable bonds is 8. The average Bonchev–Trinajstić information content (AvgIpc) is 3.01. The van der Waals surface area contributed by atoms with E-state index in [1.54, 1.807) is 18.3 Å². The van der Waals surface area contributed by atoms with E-state index in [0.717, 1.165) is 37.9 Å². The Kier molecular flexibility index (Phi) is 7.52. The zero-order valence-electron chi connectivity index (χ0n) is 13.2. The lowest BCUT2D eigenvalue weighted by molar-refractivity contribution is -0.116. The first-order valence-corrected chi connectivity index (χ1v) is 8.49. The fraction of sp³-hybridized carbons (Fsp3) is 0.529. The summed E-state index contributed by atoms with van der Waals surface area (Å²) in [5.74, 6) is -0.102. The van der Waals surface area contributed by atoms with Crippen molar-refractivity contribution in [2.45, 2.75) is 31.7 Å². The number of hydrogen-bond donors (Lipinski definition) is 2. The molecule has 1 saturated heterocycles. The van der Waals surface area contributed by atoms with Crippen molar-refractivity contribution < 1.29 is 9.90 Å². The topological polar surface area (TPSA) is 65.5 Å². The summed E-state index contributed by atoms with van der Waals surface area (Å²) in [4.78, 5) is 18.0. The molecule has 1 aliphatic heterocycles. The number of carbonyl (C=O) groups excluding carboxylic acids is 1. The van der Waals surface area contributed by atoms with E-state index in [1.807, 2.05) is 6.07 Å². The molecule has 0 radical (unpaired) electrons. The van der Waals surface area contributed by atoms with Crippen molar-refractivity contribution >= 4 is 23.6 Å². The maximum absolute atomic E-state index is 11.7. The number of unbranched alkanes of at least 4 members (excludes halogenated alkanes) is 1. The van der Waals surface area contributed by atoms with Crippen LogP contribution in [0.25, 0.3) is 6.08 Å². The van der Waals surface area contributed by atoms with Gasteiger partial charge in [0.2, 0.25) is 5.91 Å². The number of carbonyl (C=O) groups is 1. The Bertz CT molecular complexity index is 519. The number of aliphatic hydroxyl groups excluding tert-OH is 1. The fourth-order valence-corrected chi connectivity index (χ4v) is 2.88. The lowest BCUT2D eigenvalue weighted by Gasteiger charge is -2.22. The van der Waals surface area contributed by atoms with Crippen molar-refractivity contribution in [2.24, 2.45) is 0 Å². The van der Waals surface area contributed by atoms with Crippen LogP contribution in [-0.4, -0.2) is 53.2 Å². The van der Waals surface area contributed by atoms with Gasteiger partial charge < -0.3 is 10.4 Å². The molecule has 0 aromatic carbocycles. The highest BCUT2D eigenvalue weighted by Gasteiger charge is 2.22. The van der Waals surface area contributed by atoms with Crippen LogP contribution in [-0.2, 0) is 4.79 Å². The average molecular weight is 338 g/mol. The molecule has 1 unspecified atom stereocenters. The number of aromatic nitrogens is 1. The van der Waals surface area contributed by atoms with Crippen molar-refractivity contribution in [3.05, 3.63) is 35.1 Å². The summed E-state index contributed by atoms with van der Waals surface area (Å²) in [6.45, 7) is 2.99. The Balaban J connectivity index is 1.58. The Morgan fingerprint density at radius 3 is 3.09 bits per heavy atom. The molecule has 0 bridgehead atoms. The summed E-state index contributed by atoms with van der Waals surface area (Å²) in [5, 5.41) is 12.6. The van der Waals surface area contributed by atoms with Crippen LogP contribution in [0.4, 0.5) is 0 Å². The van der Waals surface area contributed by atoms with E-state index in [2.05, 4.69) is 15.2 Å². The number of hydrogen-bond acceptors (Lipinski definition) is 4. The number of amides is 1. The Morgan fingerprint density at radius 1 is 1.48 bits per heavy atom. The summed E-state index contributed by atoms with van der Waals surface area (Å²) in [7, 11) is 0. The molecular formula is C17H24ClN3O2. The van der Waals surface area contributed by atoms with Crippen LogP contribution >= 0.6 is 11.6 Å². The largest absolute Gasteiger partial charge is 0.395 e. The minimum Gasteiger partial charge on any atom is -0.395 e. The second kappa shape index (κ2) is 9.65. The third-order valence-corrected chi connectivity index (χ3v) is 4.28. The standard InChI is InChI=1S/C17H24ClN3O2/c18-16-7-5-14(12-20-16)6-8-17(23)19-9-1-2-10-21-11-3-4-15(21)13-22/h5-8,12,15,22H,1-4,9-11,13H2,(H,19,23)/b8-6+. The summed E-state index contributed by atoms with van der Waals surface area (Å²) >= 11 is 5.71. The summed E-state index contributed by atoms with van der Waals surface area (Å²) in [5.41, 5.74) is 0.841. The zero-order chi connectivity index (χ0) is 16.5. The Labute approximate surface area is 142 Å². The summed E-state index contributed by atoms with van der Waals surface area (Å²) in [6.07, 6.45) is 9.09. The van der Waals surface area contributed by atoms with E-state index in [4.69, 9.17) is 11.6 Å². The number of halogens is 1. The van der Waals surface area contributed by atoms with Crippen molar-refractivity contribution in [1.82, 2.24) is 15.2 Å². The van der Waals surface area contributed by atoms with E-state index >= 15 is 0 Å². The van der Waals surface area contributed by atoms with Crippen LogP contribution in [0.2, 0.25) is 5.15 Å². The molecule has 1 aromatic heterocycles. The SMILES string of the molecule is O=C(/C=C/c1ccc(Cl)nc1)NCCCCN1CCCC1CO. The van der Waals surface area contributed by atoms with Gasteiger partial charge in [-0.3, -0.25) is 9.69 Å². The molecular weight excluding hydrogens is 314 g/mol. The molecule has 2 rings (SSSR count). The van der Waals surface area contributed by atoms with E-state index < -0.39 is 0 Å². The first-order valence-electron chi connectivity index (χ1n) is 8.11. The van der Waals surface area contributed by atoms with Gasteiger partial charge in [-0.25, -0.2) is 4.98 Å². The fourth-order valence-electron chi connectivity index (χ4n) is 2.76. The summed E-state index contributed by atoms with van der Waals surface area (Å²) < 4.78 is 0. The number of nitrogens with zero attached hydrogens (tertiary/aromatic N) is 2. The summed E-state index contributed by atoms with van der Waals surface area (Å²) in [6, 6.07) is 3.84. The lowest BCUT2D eigenvalue weighted by atomic mass is 10.2. The normalized spacial score (nSPS) is 18.6. The molecule has 5 nitrogen and oxygen atoms in total. The molecule has 126 valence electrons. The lowest BCUT2D eigenvalue weighted by Crippen LogP contribution is -2.33. The highest BCUT2D eigenvalue weighted by molar-refractivity contribution is 6.29. The van der Waals surface area contributed by atoms with Gasteiger partial charge in [0.1, 0.15) is 5.15 Å². The van der Waals surface area contributed by atoms with Crippen molar-refractivity contribution in [1.29, 1.82) is 0 Å². The third-order valence-electron chi connectivity index (χ3n) is 4.06. The quantitative estimate of drug-likeness (QED) is 0.433. The van der Waals surface area contributed by atoms with E-state index in [0.29, 0.717) is 17.7 Å². The van der Waals surface area contributed by atoms with Gasteiger partial charge >= 0.3 is 0 Å². The number of nitrogens with one attached hydrogen (secondary N) is 1. The van der Waals surface area contributed by atoms with E-state index in [1.165, 1.54) is 12.5 Å². The molecule has 2 N–H and O–H groups in total. The predicted molar refractivity (Wildman–Crippen MR) is 92.2 cm³/mol.